The molecule has 0 amide bonds. The molecule has 0 aromatic heterocycles. The van der Waals surface area contributed by atoms with Crippen LogP contribution in [0.3, 0.4) is 0 Å². The van der Waals surface area contributed by atoms with Gasteiger partial charge in [0.1, 0.15) is 0 Å². The van der Waals surface area contributed by atoms with Gasteiger partial charge >= 0.3 is 0 Å². The van der Waals surface area contributed by atoms with E-state index in [1.807, 2.05) is 14.0 Å². The van der Waals surface area contributed by atoms with Gasteiger partial charge in [0, 0.05) is 6.04 Å². The molecule has 48 valence electrons. The Hall–Kier alpha value is -0.300. The summed E-state index contributed by atoms with van der Waals surface area (Å²) >= 11 is 0. The van der Waals surface area contributed by atoms with E-state index in [0.29, 0.717) is 6.04 Å². The molecule has 0 saturated carbocycles. The quantitative estimate of drug-likeness (QED) is 0.548. The maximum absolute atomic E-state index is 3.17. The first-order chi connectivity index (χ1) is 3.85. The molecule has 0 spiro atoms. The van der Waals surface area contributed by atoms with E-state index in [4.69, 9.17) is 0 Å². The Balaban J connectivity index is 3.36. The molecule has 0 aromatic rings. The molecule has 0 bridgehead atoms. The first-order valence-corrected chi connectivity index (χ1v) is 3.15. The van der Waals surface area contributed by atoms with E-state index in [0.717, 1.165) is 0 Å². The van der Waals surface area contributed by atoms with Gasteiger partial charge in [0.15, 0.2) is 0 Å². The van der Waals surface area contributed by atoms with Crippen molar-refractivity contribution in [1.29, 1.82) is 0 Å². The zero-order chi connectivity index (χ0) is 6.41. The fourth-order valence-corrected chi connectivity index (χ4v) is 0.669. The third-order valence-electron chi connectivity index (χ3n) is 1.24. The van der Waals surface area contributed by atoms with Crippen molar-refractivity contribution >= 4 is 0 Å². The summed E-state index contributed by atoms with van der Waals surface area (Å²) < 4.78 is 0. The summed E-state index contributed by atoms with van der Waals surface area (Å²) in [4.78, 5) is 0. The monoisotopic (exact) mass is 113 g/mol. The van der Waals surface area contributed by atoms with E-state index in [1.165, 1.54) is 6.42 Å². The lowest BCUT2D eigenvalue weighted by molar-refractivity contribution is 0.647. The molecule has 0 heterocycles. The van der Waals surface area contributed by atoms with Crippen LogP contribution in [0.1, 0.15) is 20.3 Å². The molecule has 1 nitrogen and oxygen atoms in total. The van der Waals surface area contributed by atoms with E-state index in [9.17, 15) is 0 Å². The summed E-state index contributed by atoms with van der Waals surface area (Å²) in [5.74, 6) is 0. The first-order valence-electron chi connectivity index (χ1n) is 3.15. The second kappa shape index (κ2) is 4.85. The summed E-state index contributed by atoms with van der Waals surface area (Å²) in [6.45, 7) is 4.21. The average molecular weight is 113 g/mol. The highest BCUT2D eigenvalue weighted by molar-refractivity contribution is 4.88. The molecule has 0 radical (unpaired) electrons. The van der Waals surface area contributed by atoms with E-state index >= 15 is 0 Å². The van der Waals surface area contributed by atoms with Crippen LogP contribution >= 0.6 is 0 Å². The molecule has 0 aliphatic carbocycles. The van der Waals surface area contributed by atoms with Gasteiger partial charge in [-0.2, -0.15) is 0 Å². The van der Waals surface area contributed by atoms with Crippen molar-refractivity contribution in [1.82, 2.24) is 5.32 Å². The molecule has 0 saturated heterocycles. The fraction of sp³-hybridized carbons (Fsp3) is 0.714. The van der Waals surface area contributed by atoms with Crippen LogP contribution in [0.4, 0.5) is 0 Å². The first kappa shape index (κ1) is 7.70. The van der Waals surface area contributed by atoms with Gasteiger partial charge in [-0.15, -0.1) is 0 Å². The third-order valence-corrected chi connectivity index (χ3v) is 1.24. The number of rotatable bonds is 3. The summed E-state index contributed by atoms with van der Waals surface area (Å²) in [5, 5.41) is 3.17. The molecule has 0 aromatic carbocycles. The van der Waals surface area contributed by atoms with E-state index in [1.54, 1.807) is 0 Å². The smallest absolute Gasteiger partial charge is 0.0244 e. The molecule has 1 N–H and O–H groups in total. The zero-order valence-corrected chi connectivity index (χ0v) is 5.94. The lowest BCUT2D eigenvalue weighted by Crippen LogP contribution is -2.20. The van der Waals surface area contributed by atoms with Gasteiger partial charge in [0.25, 0.3) is 0 Å². The van der Waals surface area contributed by atoms with Gasteiger partial charge in [0.05, 0.1) is 0 Å². The second-order valence-electron chi connectivity index (χ2n) is 1.83. The van der Waals surface area contributed by atoms with Crippen LogP contribution in [0.25, 0.3) is 0 Å². The zero-order valence-electron chi connectivity index (χ0n) is 5.94. The standard InChI is InChI=1S/C7H15N/c1-4-6-7(5-2)8-3/h4,6-8H,5H2,1-3H3. The third kappa shape index (κ3) is 2.80. The molecule has 0 rings (SSSR count). The second-order valence-corrected chi connectivity index (χ2v) is 1.83. The normalized spacial score (nSPS) is 14.9. The van der Waals surface area contributed by atoms with Crippen molar-refractivity contribution < 1.29 is 0 Å². The minimum atomic E-state index is 0.569. The SMILES string of the molecule is CC=CC(CC)NC. The lowest BCUT2D eigenvalue weighted by atomic mass is 10.2. The van der Waals surface area contributed by atoms with Gasteiger partial charge in [0.2, 0.25) is 0 Å². The largest absolute Gasteiger partial charge is 0.314 e. The Labute approximate surface area is 51.8 Å². The predicted molar refractivity (Wildman–Crippen MR) is 38.0 cm³/mol. The molecule has 1 heteroatoms. The van der Waals surface area contributed by atoms with Gasteiger partial charge in [-0.05, 0) is 20.4 Å². The fourth-order valence-electron chi connectivity index (χ4n) is 0.669. The predicted octanol–water partition coefficient (Wildman–Crippen LogP) is 1.56. The number of allylic oxidation sites excluding steroid dienone is 1. The molecule has 0 fully saturated rings. The molecular formula is C7H15N. The summed E-state index contributed by atoms with van der Waals surface area (Å²) in [6.07, 6.45) is 5.41. The van der Waals surface area contributed by atoms with E-state index in [-0.39, 0.29) is 0 Å². The van der Waals surface area contributed by atoms with Crippen molar-refractivity contribution in [3.8, 4) is 0 Å². The van der Waals surface area contributed by atoms with Crippen molar-refractivity contribution in [3.63, 3.8) is 0 Å². The summed E-state index contributed by atoms with van der Waals surface area (Å²) in [5.41, 5.74) is 0. The Morgan fingerprint density at radius 1 is 1.62 bits per heavy atom. The Morgan fingerprint density at radius 3 is 2.38 bits per heavy atom. The molecule has 1 unspecified atom stereocenters. The highest BCUT2D eigenvalue weighted by Crippen LogP contribution is 1.89. The van der Waals surface area contributed by atoms with Gasteiger partial charge < -0.3 is 5.32 Å². The lowest BCUT2D eigenvalue weighted by Gasteiger charge is -2.05. The van der Waals surface area contributed by atoms with Crippen LogP contribution in [0.5, 0.6) is 0 Å². The summed E-state index contributed by atoms with van der Waals surface area (Å²) in [7, 11) is 1.98. The van der Waals surface area contributed by atoms with Crippen LogP contribution in [0.2, 0.25) is 0 Å². The van der Waals surface area contributed by atoms with E-state index in [2.05, 4.69) is 24.4 Å². The molecule has 0 aliphatic rings. The van der Waals surface area contributed by atoms with Crippen LogP contribution in [-0.4, -0.2) is 13.1 Å². The van der Waals surface area contributed by atoms with Gasteiger partial charge in [-0.1, -0.05) is 19.1 Å². The Morgan fingerprint density at radius 2 is 2.25 bits per heavy atom. The van der Waals surface area contributed by atoms with E-state index < -0.39 is 0 Å². The number of hydrogen-bond acceptors (Lipinski definition) is 1. The molecule has 0 aliphatic heterocycles. The highest BCUT2D eigenvalue weighted by atomic mass is 14.8. The molecule has 1 atom stereocenters. The minimum absolute atomic E-state index is 0.569. The average Bonchev–Trinajstić information content (AvgIpc) is 1.83. The number of likely N-dealkylation sites (N-methyl/N-ethyl adjacent to an activating group) is 1. The van der Waals surface area contributed by atoms with Crippen molar-refractivity contribution in [2.45, 2.75) is 26.3 Å². The van der Waals surface area contributed by atoms with Crippen LogP contribution in [0, 0.1) is 0 Å². The molecular weight excluding hydrogens is 98.1 g/mol. The summed E-state index contributed by atoms with van der Waals surface area (Å²) in [6, 6.07) is 0.569. The highest BCUT2D eigenvalue weighted by Gasteiger charge is 1.91. The van der Waals surface area contributed by atoms with Gasteiger partial charge in [-0.25, -0.2) is 0 Å². The maximum Gasteiger partial charge on any atom is 0.0244 e. The Kier molecular flexibility index (Phi) is 4.67. The topological polar surface area (TPSA) is 12.0 Å². The van der Waals surface area contributed by atoms with Crippen molar-refractivity contribution in [3.05, 3.63) is 12.2 Å². The molecule has 8 heavy (non-hydrogen) atoms. The van der Waals surface area contributed by atoms with Crippen LogP contribution in [-0.2, 0) is 0 Å². The van der Waals surface area contributed by atoms with Crippen molar-refractivity contribution in [2.24, 2.45) is 0 Å². The Bertz CT molecular complexity index is 62.8. The number of hydrogen-bond donors (Lipinski definition) is 1. The van der Waals surface area contributed by atoms with Crippen LogP contribution in [0.15, 0.2) is 12.2 Å². The maximum atomic E-state index is 3.17. The van der Waals surface area contributed by atoms with Crippen molar-refractivity contribution in [2.75, 3.05) is 7.05 Å². The minimum Gasteiger partial charge on any atom is -0.314 e. The number of nitrogens with one attached hydrogen (secondary N) is 1. The van der Waals surface area contributed by atoms with Crippen LogP contribution < -0.4 is 5.32 Å². The van der Waals surface area contributed by atoms with Gasteiger partial charge in [-0.3, -0.25) is 0 Å².